The highest BCUT2D eigenvalue weighted by molar-refractivity contribution is 7.99. The number of nitrogens with two attached hydrogens (primary N) is 2. The molecule has 382 valence electrons. The van der Waals surface area contributed by atoms with Gasteiger partial charge in [-0.2, -0.15) is 11.8 Å². The van der Waals surface area contributed by atoms with Gasteiger partial charge in [-0.25, -0.2) is 0 Å². The lowest BCUT2D eigenvalue weighted by atomic mass is 9.96. The van der Waals surface area contributed by atoms with E-state index in [1.165, 1.54) is 23.8 Å². The van der Waals surface area contributed by atoms with E-state index >= 15 is 0 Å². The second-order valence-electron chi connectivity index (χ2n) is 17.6. The third kappa shape index (κ3) is 18.9. The fourth-order valence-corrected chi connectivity index (χ4v) is 8.65. The van der Waals surface area contributed by atoms with Gasteiger partial charge in [0.15, 0.2) is 0 Å². The van der Waals surface area contributed by atoms with E-state index in [1.807, 2.05) is 0 Å². The molecule has 0 unspecified atom stereocenters. The molecule has 2 aliphatic rings. The number of nitrogens with zero attached hydrogens (tertiary/aromatic N) is 1. The summed E-state index contributed by atoms with van der Waals surface area (Å²) < 4.78 is 5.25. The largest absolute Gasteiger partial charge is 0.497 e. The quantitative estimate of drug-likeness (QED) is 0.0769. The molecule has 1 aromatic rings. The number of rotatable bonds is 18. The van der Waals surface area contributed by atoms with Crippen molar-refractivity contribution in [2.24, 2.45) is 23.3 Å². The van der Waals surface area contributed by atoms with Gasteiger partial charge < -0.3 is 63.4 Å². The van der Waals surface area contributed by atoms with Crippen LogP contribution in [0.2, 0.25) is 0 Å². The zero-order valence-electron chi connectivity index (χ0n) is 39.8. The van der Waals surface area contributed by atoms with Crippen molar-refractivity contribution >= 4 is 76.8 Å². The number of carbonyl (C=O) groups excluding carboxylic acids is 10. The van der Waals surface area contributed by atoms with Crippen molar-refractivity contribution in [2.45, 2.75) is 134 Å². The fraction of sp³-hybridized carbons (Fsp3) is 0.622. The number of carboxylic acid groups (broad SMARTS) is 1. The molecule has 12 N–H and O–H groups in total. The van der Waals surface area contributed by atoms with E-state index in [0.717, 1.165) is 0 Å². The maximum atomic E-state index is 14.5. The molecule has 69 heavy (non-hydrogen) atoms. The Morgan fingerprint density at radius 1 is 0.855 bits per heavy atom. The molecule has 3 rings (SSSR count). The molecule has 0 bridgehead atoms. The Morgan fingerprint density at radius 2 is 1.51 bits per heavy atom. The number of methoxy groups -OCH3 is 1. The Balaban J connectivity index is 2.02. The first-order valence-corrected chi connectivity index (χ1v) is 24.2. The Bertz CT molecular complexity index is 2020. The number of nitrogens with one attached hydrogen (secondary N) is 7. The molecule has 23 nitrogen and oxygen atoms in total. The van der Waals surface area contributed by atoms with Crippen molar-refractivity contribution in [1.29, 1.82) is 0 Å². The first-order valence-electron chi connectivity index (χ1n) is 23.0. The molecule has 0 radical (unpaired) electrons. The summed E-state index contributed by atoms with van der Waals surface area (Å²) in [5, 5.41) is 27.1. The number of primary amides is 2. The number of hydrogen-bond donors (Lipinski definition) is 10. The van der Waals surface area contributed by atoms with E-state index in [1.54, 1.807) is 52.0 Å². The van der Waals surface area contributed by atoms with Crippen molar-refractivity contribution in [2.75, 3.05) is 31.7 Å². The number of thioether (sulfide) groups is 1. The van der Waals surface area contributed by atoms with Crippen molar-refractivity contribution < 1.29 is 62.6 Å². The lowest BCUT2D eigenvalue weighted by Gasteiger charge is -2.31. The molecule has 2 heterocycles. The van der Waals surface area contributed by atoms with Crippen LogP contribution in [0.25, 0.3) is 0 Å². The minimum absolute atomic E-state index is 0.0192. The first-order chi connectivity index (χ1) is 32.6. The summed E-state index contributed by atoms with van der Waals surface area (Å²) in [7, 11) is 1.50. The Kier molecular flexibility index (Phi) is 23.2. The SMILES string of the molecule is CC[C@H](C)[C@@H]1NC(=O)[C@H](Cc2ccc(OC)cc2)NC(=O)CCCSC[C@@H](C(=O)N2CCC[C@H]2C(=O)N[C@@H](CC(C)C)C(=O)NCC(=O)O)NC(=O)[C@H](CC(N)=O)NC(=O)[C@H](CCC(N)=O)NC1=O. The van der Waals surface area contributed by atoms with E-state index in [9.17, 15) is 52.7 Å². The number of likely N-dealkylation sites (tertiary alicyclic amines) is 1. The first kappa shape index (κ1) is 56.9. The highest BCUT2D eigenvalue weighted by atomic mass is 32.2. The van der Waals surface area contributed by atoms with Crippen LogP contribution in [0, 0.1) is 11.8 Å². The maximum absolute atomic E-state index is 14.5. The number of amides is 10. The van der Waals surface area contributed by atoms with E-state index < -0.39 is 133 Å². The molecule has 0 spiro atoms. The Morgan fingerprint density at radius 3 is 2.12 bits per heavy atom. The standard InChI is InChI=1S/C45H68N10O13S/c1-6-25(4)38-44(66)50-28(15-16-34(46)56)40(62)51-31(21-35(47)57)41(63)53-32(23-69-18-8-10-36(58)49-30(42(64)54-38)20-26-11-13-27(68-5)14-12-26)45(67)55-17-7-9-33(55)43(65)52-29(19-24(2)3)39(61)48-22-37(59)60/h11-14,24-25,28-33,38H,6-10,15-23H2,1-5H3,(H2,46,56)(H2,47,57)(H,48,61)(H,49,58)(H,50,66)(H,51,62)(H,52,65)(H,53,63)(H,54,64)(H,59,60)/t25-,28-,29-,30-,31-,32-,33-,38-/m0/s1. The minimum Gasteiger partial charge on any atom is -0.497 e. The van der Waals surface area contributed by atoms with Gasteiger partial charge in [-0.05, 0) is 67.4 Å². The molecule has 24 heteroatoms. The summed E-state index contributed by atoms with van der Waals surface area (Å²) in [5.41, 5.74) is 11.6. The van der Waals surface area contributed by atoms with Crippen molar-refractivity contribution in [3.63, 3.8) is 0 Å². The second kappa shape index (κ2) is 28.1. The van der Waals surface area contributed by atoms with Crippen molar-refractivity contribution in [3.05, 3.63) is 29.8 Å². The van der Waals surface area contributed by atoms with Gasteiger partial charge in [0.25, 0.3) is 0 Å². The van der Waals surface area contributed by atoms with Crippen LogP contribution in [0.4, 0.5) is 0 Å². The Labute approximate surface area is 405 Å². The van der Waals surface area contributed by atoms with Gasteiger partial charge in [0.1, 0.15) is 54.6 Å². The average molecular weight is 989 g/mol. The van der Waals surface area contributed by atoms with Crippen LogP contribution in [-0.2, 0) is 59.2 Å². The zero-order chi connectivity index (χ0) is 51.4. The van der Waals surface area contributed by atoms with Gasteiger partial charge in [-0.1, -0.05) is 46.2 Å². The summed E-state index contributed by atoms with van der Waals surface area (Å²) in [6, 6.07) is -2.53. The monoisotopic (exact) mass is 988 g/mol. The molecule has 8 atom stereocenters. The van der Waals surface area contributed by atoms with Crippen LogP contribution in [-0.4, -0.2) is 149 Å². The summed E-state index contributed by atoms with van der Waals surface area (Å²) in [4.78, 5) is 148. The number of hydrogen-bond acceptors (Lipinski definition) is 13. The summed E-state index contributed by atoms with van der Waals surface area (Å²) in [5.74, 6) is -9.33. The Hall–Kier alpha value is -6.46. The average Bonchev–Trinajstić information content (AvgIpc) is 3.79. The second-order valence-corrected chi connectivity index (χ2v) is 18.7. The molecular weight excluding hydrogens is 921 g/mol. The van der Waals surface area contributed by atoms with Gasteiger partial charge in [0.2, 0.25) is 59.1 Å². The maximum Gasteiger partial charge on any atom is 0.322 e. The number of carbonyl (C=O) groups is 11. The number of benzene rings is 1. The van der Waals surface area contributed by atoms with Gasteiger partial charge in [0, 0.05) is 31.6 Å². The van der Waals surface area contributed by atoms with Gasteiger partial charge in [-0.3, -0.25) is 52.7 Å². The van der Waals surface area contributed by atoms with Gasteiger partial charge in [-0.15, -0.1) is 0 Å². The van der Waals surface area contributed by atoms with Gasteiger partial charge >= 0.3 is 5.97 Å². The number of ether oxygens (including phenoxy) is 1. The topological polar surface area (TPSA) is 357 Å². The van der Waals surface area contributed by atoms with Crippen LogP contribution in [0.3, 0.4) is 0 Å². The van der Waals surface area contributed by atoms with E-state index in [-0.39, 0.29) is 62.5 Å². The normalized spacial score (nSPS) is 23.2. The van der Waals surface area contributed by atoms with E-state index in [2.05, 4.69) is 37.2 Å². The lowest BCUT2D eigenvalue weighted by Crippen LogP contribution is -2.61. The molecule has 0 saturated carbocycles. The molecular formula is C45H68N10O13S. The smallest absolute Gasteiger partial charge is 0.322 e. The van der Waals surface area contributed by atoms with Gasteiger partial charge in [0.05, 0.1) is 13.5 Å². The van der Waals surface area contributed by atoms with Crippen LogP contribution >= 0.6 is 11.8 Å². The van der Waals surface area contributed by atoms with Crippen LogP contribution < -0.4 is 53.4 Å². The number of aliphatic carboxylic acids is 1. The van der Waals surface area contributed by atoms with Crippen LogP contribution in [0.15, 0.2) is 24.3 Å². The molecule has 2 saturated heterocycles. The summed E-state index contributed by atoms with van der Waals surface area (Å²) in [6.07, 6.45) is -0.295. The fourth-order valence-electron chi connectivity index (χ4n) is 7.67. The predicted octanol–water partition coefficient (Wildman–Crippen LogP) is -1.90. The van der Waals surface area contributed by atoms with Crippen LogP contribution in [0.1, 0.15) is 91.0 Å². The molecule has 2 aliphatic heterocycles. The zero-order valence-corrected chi connectivity index (χ0v) is 40.6. The minimum atomic E-state index is -1.72. The lowest BCUT2D eigenvalue weighted by molar-refractivity contribution is -0.142. The van der Waals surface area contributed by atoms with E-state index in [4.69, 9.17) is 21.3 Å². The third-order valence-electron chi connectivity index (χ3n) is 11.6. The van der Waals surface area contributed by atoms with E-state index in [0.29, 0.717) is 24.2 Å². The third-order valence-corrected chi connectivity index (χ3v) is 12.7. The highest BCUT2D eigenvalue weighted by Crippen LogP contribution is 2.22. The van der Waals surface area contributed by atoms with Crippen LogP contribution in [0.5, 0.6) is 5.75 Å². The molecule has 1 aromatic carbocycles. The molecule has 0 aromatic heterocycles. The number of carboxylic acids is 1. The summed E-state index contributed by atoms with van der Waals surface area (Å²) >= 11 is 1.17. The highest BCUT2D eigenvalue weighted by Gasteiger charge is 2.40. The van der Waals surface area contributed by atoms with Crippen molar-refractivity contribution in [3.8, 4) is 5.75 Å². The predicted molar refractivity (Wildman–Crippen MR) is 251 cm³/mol. The molecule has 2 fully saturated rings. The van der Waals surface area contributed by atoms with Crippen molar-refractivity contribution in [1.82, 2.24) is 42.1 Å². The summed E-state index contributed by atoms with van der Waals surface area (Å²) in [6.45, 7) is 6.45. The molecule has 0 aliphatic carbocycles. The molecule has 10 amide bonds.